The largest absolute Gasteiger partial charge is 0.330 e. The summed E-state index contributed by atoms with van der Waals surface area (Å²) >= 11 is 0. The number of carbonyl (C=O) groups is 1. The SMILES string of the molecule is NCC1CCCN(CC=O)C1. The molecule has 1 heterocycles. The van der Waals surface area contributed by atoms with Gasteiger partial charge in [-0.1, -0.05) is 0 Å². The number of nitrogens with two attached hydrogens (primary N) is 1. The maximum Gasteiger partial charge on any atom is 0.133 e. The van der Waals surface area contributed by atoms with Crippen molar-refractivity contribution in [1.82, 2.24) is 4.90 Å². The first kappa shape index (κ1) is 8.68. The third-order valence-corrected chi connectivity index (χ3v) is 2.27. The van der Waals surface area contributed by atoms with E-state index in [1.165, 1.54) is 12.8 Å². The molecule has 2 N–H and O–H groups in total. The molecule has 0 amide bonds. The zero-order chi connectivity index (χ0) is 8.10. The van der Waals surface area contributed by atoms with E-state index in [9.17, 15) is 4.79 Å². The van der Waals surface area contributed by atoms with Crippen LogP contribution in [0.25, 0.3) is 0 Å². The van der Waals surface area contributed by atoms with E-state index in [1.54, 1.807) is 0 Å². The van der Waals surface area contributed by atoms with Crippen LogP contribution < -0.4 is 5.73 Å². The Morgan fingerprint density at radius 1 is 1.64 bits per heavy atom. The Kier molecular flexibility index (Phi) is 3.52. The van der Waals surface area contributed by atoms with Gasteiger partial charge >= 0.3 is 0 Å². The number of nitrogens with zero attached hydrogens (tertiary/aromatic N) is 1. The maximum absolute atomic E-state index is 10.2. The number of hydrogen-bond donors (Lipinski definition) is 1. The summed E-state index contributed by atoms with van der Waals surface area (Å²) < 4.78 is 0. The summed E-state index contributed by atoms with van der Waals surface area (Å²) in [7, 11) is 0. The van der Waals surface area contributed by atoms with E-state index >= 15 is 0 Å². The highest BCUT2D eigenvalue weighted by molar-refractivity contribution is 5.51. The smallest absolute Gasteiger partial charge is 0.133 e. The Morgan fingerprint density at radius 3 is 3.09 bits per heavy atom. The van der Waals surface area contributed by atoms with E-state index in [0.29, 0.717) is 12.5 Å². The lowest BCUT2D eigenvalue weighted by molar-refractivity contribution is -0.109. The topological polar surface area (TPSA) is 46.3 Å². The fraction of sp³-hybridized carbons (Fsp3) is 0.875. The summed E-state index contributed by atoms with van der Waals surface area (Å²) in [5, 5.41) is 0. The van der Waals surface area contributed by atoms with Crippen LogP contribution in [0.4, 0.5) is 0 Å². The summed E-state index contributed by atoms with van der Waals surface area (Å²) in [5.41, 5.74) is 5.55. The van der Waals surface area contributed by atoms with Crippen molar-refractivity contribution in [2.75, 3.05) is 26.2 Å². The molecular weight excluding hydrogens is 140 g/mol. The second-order valence-corrected chi connectivity index (χ2v) is 3.17. The van der Waals surface area contributed by atoms with E-state index in [4.69, 9.17) is 5.73 Å². The van der Waals surface area contributed by atoms with Crippen LogP contribution in [-0.2, 0) is 4.79 Å². The van der Waals surface area contributed by atoms with Gasteiger partial charge in [-0.15, -0.1) is 0 Å². The highest BCUT2D eigenvalue weighted by Crippen LogP contribution is 2.13. The van der Waals surface area contributed by atoms with Gasteiger partial charge in [0.1, 0.15) is 6.29 Å². The molecule has 3 nitrogen and oxygen atoms in total. The first-order valence-electron chi connectivity index (χ1n) is 4.23. The summed E-state index contributed by atoms with van der Waals surface area (Å²) in [6, 6.07) is 0. The number of piperidine rings is 1. The minimum absolute atomic E-state index is 0.580. The van der Waals surface area contributed by atoms with Gasteiger partial charge in [0.25, 0.3) is 0 Å². The van der Waals surface area contributed by atoms with Crippen LogP contribution in [0.3, 0.4) is 0 Å². The van der Waals surface area contributed by atoms with Crippen LogP contribution in [-0.4, -0.2) is 37.4 Å². The number of aldehydes is 1. The van der Waals surface area contributed by atoms with Gasteiger partial charge in [-0.3, -0.25) is 4.90 Å². The Labute approximate surface area is 67.5 Å². The van der Waals surface area contributed by atoms with Crippen molar-refractivity contribution in [3.8, 4) is 0 Å². The molecule has 3 heteroatoms. The van der Waals surface area contributed by atoms with Gasteiger partial charge in [0.2, 0.25) is 0 Å². The van der Waals surface area contributed by atoms with Crippen molar-refractivity contribution in [2.45, 2.75) is 12.8 Å². The third-order valence-electron chi connectivity index (χ3n) is 2.27. The molecule has 0 aromatic heterocycles. The summed E-state index contributed by atoms with van der Waals surface area (Å²) in [6.07, 6.45) is 3.39. The van der Waals surface area contributed by atoms with Gasteiger partial charge in [-0.25, -0.2) is 0 Å². The van der Waals surface area contributed by atoms with Crippen molar-refractivity contribution in [2.24, 2.45) is 11.7 Å². The van der Waals surface area contributed by atoms with Crippen LogP contribution in [0.2, 0.25) is 0 Å². The van der Waals surface area contributed by atoms with E-state index in [-0.39, 0.29) is 0 Å². The second kappa shape index (κ2) is 4.46. The van der Waals surface area contributed by atoms with Crippen LogP contribution in [0, 0.1) is 5.92 Å². The van der Waals surface area contributed by atoms with E-state index in [1.807, 2.05) is 0 Å². The lowest BCUT2D eigenvalue weighted by Gasteiger charge is -2.30. The number of likely N-dealkylation sites (tertiary alicyclic amines) is 1. The molecule has 0 bridgehead atoms. The zero-order valence-corrected chi connectivity index (χ0v) is 6.83. The monoisotopic (exact) mass is 156 g/mol. The summed E-state index contributed by atoms with van der Waals surface area (Å²) in [6.45, 7) is 3.41. The van der Waals surface area contributed by atoms with Gasteiger partial charge < -0.3 is 10.5 Å². The molecule has 0 spiro atoms. The van der Waals surface area contributed by atoms with Crippen LogP contribution in [0.15, 0.2) is 0 Å². The van der Waals surface area contributed by atoms with Gasteiger partial charge in [0.15, 0.2) is 0 Å². The predicted octanol–water partition coefficient (Wildman–Crippen LogP) is -0.144. The van der Waals surface area contributed by atoms with E-state index in [2.05, 4.69) is 4.90 Å². The molecule has 1 saturated heterocycles. The standard InChI is InChI=1S/C8H16N2O/c9-6-8-2-1-3-10(7-8)4-5-11/h5,8H,1-4,6-7,9H2. The maximum atomic E-state index is 10.2. The first-order valence-corrected chi connectivity index (χ1v) is 4.23. The highest BCUT2D eigenvalue weighted by atomic mass is 16.1. The predicted molar refractivity (Wildman–Crippen MR) is 44.3 cm³/mol. The molecular formula is C8H16N2O. The average molecular weight is 156 g/mol. The molecule has 0 aromatic rings. The lowest BCUT2D eigenvalue weighted by Crippen LogP contribution is -2.39. The molecule has 1 unspecified atom stereocenters. The van der Waals surface area contributed by atoms with E-state index in [0.717, 1.165) is 25.9 Å². The summed E-state index contributed by atoms with van der Waals surface area (Å²) in [4.78, 5) is 12.4. The van der Waals surface area contributed by atoms with Crippen molar-refractivity contribution in [3.05, 3.63) is 0 Å². The quantitative estimate of drug-likeness (QED) is 0.578. The molecule has 64 valence electrons. The third kappa shape index (κ3) is 2.60. The van der Waals surface area contributed by atoms with Crippen molar-refractivity contribution < 1.29 is 4.79 Å². The molecule has 11 heavy (non-hydrogen) atoms. The Morgan fingerprint density at radius 2 is 2.45 bits per heavy atom. The van der Waals surface area contributed by atoms with Gasteiger partial charge in [-0.2, -0.15) is 0 Å². The minimum Gasteiger partial charge on any atom is -0.330 e. The molecule has 1 aliphatic rings. The van der Waals surface area contributed by atoms with E-state index < -0.39 is 0 Å². The minimum atomic E-state index is 0.580. The molecule has 0 aromatic carbocycles. The summed E-state index contributed by atoms with van der Waals surface area (Å²) in [5.74, 6) is 0.615. The van der Waals surface area contributed by atoms with Crippen LogP contribution >= 0.6 is 0 Å². The molecule has 1 fully saturated rings. The number of hydrogen-bond acceptors (Lipinski definition) is 3. The molecule has 0 saturated carbocycles. The number of carbonyl (C=O) groups excluding carboxylic acids is 1. The first-order chi connectivity index (χ1) is 5.36. The fourth-order valence-corrected chi connectivity index (χ4v) is 1.61. The lowest BCUT2D eigenvalue weighted by atomic mass is 9.98. The second-order valence-electron chi connectivity index (χ2n) is 3.17. The van der Waals surface area contributed by atoms with Crippen molar-refractivity contribution in [1.29, 1.82) is 0 Å². The van der Waals surface area contributed by atoms with Gasteiger partial charge in [0, 0.05) is 6.54 Å². The Hall–Kier alpha value is -0.410. The molecule has 1 atom stereocenters. The molecule has 1 rings (SSSR count). The zero-order valence-electron chi connectivity index (χ0n) is 6.83. The van der Waals surface area contributed by atoms with Crippen LogP contribution in [0.5, 0.6) is 0 Å². The van der Waals surface area contributed by atoms with Crippen molar-refractivity contribution in [3.63, 3.8) is 0 Å². The van der Waals surface area contributed by atoms with Gasteiger partial charge in [0.05, 0.1) is 6.54 Å². The normalized spacial score (nSPS) is 26.8. The van der Waals surface area contributed by atoms with Gasteiger partial charge in [-0.05, 0) is 31.8 Å². The molecule has 0 aliphatic carbocycles. The van der Waals surface area contributed by atoms with Crippen molar-refractivity contribution >= 4 is 6.29 Å². The fourth-order valence-electron chi connectivity index (χ4n) is 1.61. The Bertz CT molecular complexity index is 127. The highest BCUT2D eigenvalue weighted by Gasteiger charge is 2.17. The molecule has 1 aliphatic heterocycles. The van der Waals surface area contributed by atoms with Crippen LogP contribution in [0.1, 0.15) is 12.8 Å². The Balaban J connectivity index is 2.27. The number of rotatable bonds is 3. The average Bonchev–Trinajstić information content (AvgIpc) is 2.06. The molecule has 0 radical (unpaired) electrons.